The van der Waals surface area contributed by atoms with Gasteiger partial charge in [-0.3, -0.25) is 9.69 Å². The van der Waals surface area contributed by atoms with Crippen molar-refractivity contribution in [1.82, 2.24) is 9.80 Å². The number of nitrogens with zero attached hydrogens (tertiary/aromatic N) is 3. The number of carbonyl (C=O) groups is 2. The summed E-state index contributed by atoms with van der Waals surface area (Å²) in [6, 6.07) is 12.6. The normalized spacial score (nSPS) is 19.8. The minimum Gasteiger partial charge on any atom is -0.465 e. The quantitative estimate of drug-likeness (QED) is 0.715. The van der Waals surface area contributed by atoms with E-state index in [1.54, 1.807) is 11.0 Å². The monoisotopic (exact) mass is 473 g/mol. The number of hydrogen-bond donors (Lipinski definition) is 2. The molecule has 7 nitrogen and oxygen atoms in total. The number of fused-ring (bicyclic) bond motifs is 2. The molecule has 2 aliphatic heterocycles. The van der Waals surface area contributed by atoms with Gasteiger partial charge >= 0.3 is 6.09 Å². The van der Waals surface area contributed by atoms with Crippen LogP contribution >= 0.6 is 15.9 Å². The maximum absolute atomic E-state index is 13.2. The molecular weight excluding hydrogens is 450 g/mol. The molecule has 0 saturated heterocycles. The highest BCUT2D eigenvalue weighted by molar-refractivity contribution is 9.10. The zero-order valence-electron chi connectivity index (χ0n) is 16.7. The van der Waals surface area contributed by atoms with Crippen LogP contribution < -0.4 is 4.90 Å². The van der Waals surface area contributed by atoms with Crippen LogP contribution in [0.25, 0.3) is 0 Å². The van der Waals surface area contributed by atoms with Gasteiger partial charge in [-0.15, -0.1) is 0 Å². The third-order valence-electron chi connectivity index (χ3n) is 5.98. The molecule has 2 N–H and O–H groups in total. The van der Waals surface area contributed by atoms with E-state index < -0.39 is 18.2 Å². The number of carboxylic acid groups (broad SMARTS) is 1. The molecule has 0 bridgehead atoms. The minimum atomic E-state index is -1.06. The molecule has 2 aliphatic rings. The summed E-state index contributed by atoms with van der Waals surface area (Å²) in [7, 11) is 1.93. The van der Waals surface area contributed by atoms with Gasteiger partial charge in [0.25, 0.3) is 5.91 Å². The van der Waals surface area contributed by atoms with Gasteiger partial charge in [0.05, 0.1) is 23.4 Å². The van der Waals surface area contributed by atoms with Crippen LogP contribution in [-0.4, -0.2) is 70.8 Å². The summed E-state index contributed by atoms with van der Waals surface area (Å²) in [5.74, 6) is -0.154. The van der Waals surface area contributed by atoms with Crippen molar-refractivity contribution in [2.24, 2.45) is 0 Å². The second-order valence-electron chi connectivity index (χ2n) is 7.85. The number of hydrogen-bond acceptors (Lipinski definition) is 4. The van der Waals surface area contributed by atoms with E-state index in [0.717, 1.165) is 21.3 Å². The van der Waals surface area contributed by atoms with Gasteiger partial charge in [-0.25, -0.2) is 4.79 Å². The largest absolute Gasteiger partial charge is 0.465 e. The predicted molar refractivity (Wildman–Crippen MR) is 117 cm³/mol. The number of carbonyl (C=O) groups excluding carboxylic acids is 1. The molecule has 2 amide bonds. The lowest BCUT2D eigenvalue weighted by Gasteiger charge is -2.39. The highest BCUT2D eigenvalue weighted by Gasteiger charge is 2.36. The zero-order chi connectivity index (χ0) is 21.4. The summed E-state index contributed by atoms with van der Waals surface area (Å²) in [6.07, 6.45) is -1.62. The second kappa shape index (κ2) is 8.28. The number of aliphatic hydroxyl groups excluding tert-OH is 1. The standard InChI is InChI=1S/C22H24BrN3O4/c1-24-8-9-25(21(28)17-7-6-16(23)11-18(17)24)13-20(27)19-10-14-4-2-3-5-15(14)12-26(19)22(29)30/h2-7,11,19-20,27H,8-10,12-13H2,1H3,(H,29,30)/t19?,20-/m1/s1. The Balaban J connectivity index is 1.57. The third kappa shape index (κ3) is 3.89. The first-order chi connectivity index (χ1) is 14.3. The number of β-amino-alcohol motifs (C(OH)–C–C–N with tert-alkyl or cyclic N) is 1. The van der Waals surface area contributed by atoms with E-state index >= 15 is 0 Å². The second-order valence-corrected chi connectivity index (χ2v) is 8.77. The molecular formula is C22H24BrN3O4. The lowest BCUT2D eigenvalue weighted by molar-refractivity contribution is 0.0184. The van der Waals surface area contributed by atoms with Crippen molar-refractivity contribution >= 4 is 33.6 Å². The maximum atomic E-state index is 13.2. The van der Waals surface area contributed by atoms with Crippen LogP contribution in [0.2, 0.25) is 0 Å². The van der Waals surface area contributed by atoms with Gasteiger partial charge in [0.2, 0.25) is 0 Å². The predicted octanol–water partition coefficient (Wildman–Crippen LogP) is 2.81. The van der Waals surface area contributed by atoms with E-state index in [2.05, 4.69) is 15.9 Å². The zero-order valence-corrected chi connectivity index (χ0v) is 18.2. The van der Waals surface area contributed by atoms with Crippen LogP contribution in [0.5, 0.6) is 0 Å². The van der Waals surface area contributed by atoms with E-state index in [1.165, 1.54) is 4.90 Å². The molecule has 0 radical (unpaired) electrons. The van der Waals surface area contributed by atoms with Crippen LogP contribution in [0, 0.1) is 0 Å². The van der Waals surface area contributed by atoms with Gasteiger partial charge in [0.1, 0.15) is 0 Å². The first kappa shape index (κ1) is 20.7. The van der Waals surface area contributed by atoms with Gasteiger partial charge in [-0.05, 0) is 35.7 Å². The van der Waals surface area contributed by atoms with Crippen LogP contribution in [0.4, 0.5) is 10.5 Å². The number of aliphatic hydroxyl groups is 1. The lowest BCUT2D eigenvalue weighted by Crippen LogP contribution is -2.54. The molecule has 2 heterocycles. The molecule has 8 heteroatoms. The Morgan fingerprint density at radius 3 is 2.67 bits per heavy atom. The molecule has 0 spiro atoms. The maximum Gasteiger partial charge on any atom is 0.407 e. The average Bonchev–Trinajstić information content (AvgIpc) is 2.84. The lowest BCUT2D eigenvalue weighted by atomic mass is 9.91. The molecule has 0 aromatic heterocycles. The van der Waals surface area contributed by atoms with Crippen molar-refractivity contribution in [1.29, 1.82) is 0 Å². The SMILES string of the molecule is CN1CCN(C[C@@H](O)C2Cc3ccccc3CN2C(=O)O)C(=O)c2ccc(Br)cc21. The Labute approximate surface area is 183 Å². The van der Waals surface area contributed by atoms with Crippen LogP contribution in [-0.2, 0) is 13.0 Å². The van der Waals surface area contributed by atoms with Crippen molar-refractivity contribution in [3.63, 3.8) is 0 Å². The third-order valence-corrected chi connectivity index (χ3v) is 6.47. The van der Waals surface area contributed by atoms with Gasteiger partial charge < -0.3 is 20.0 Å². The summed E-state index contributed by atoms with van der Waals surface area (Å²) in [6.45, 7) is 1.40. The topological polar surface area (TPSA) is 84.3 Å². The molecule has 0 aliphatic carbocycles. The molecule has 2 aromatic carbocycles. The van der Waals surface area contributed by atoms with E-state index in [9.17, 15) is 19.8 Å². The van der Waals surface area contributed by atoms with Crippen LogP contribution in [0.15, 0.2) is 46.9 Å². The highest BCUT2D eigenvalue weighted by atomic mass is 79.9. The van der Waals surface area contributed by atoms with Crippen molar-refractivity contribution in [3.8, 4) is 0 Å². The Bertz CT molecular complexity index is 983. The summed E-state index contributed by atoms with van der Waals surface area (Å²) in [5, 5.41) is 20.7. The van der Waals surface area contributed by atoms with Gasteiger partial charge in [0, 0.05) is 37.7 Å². The molecule has 158 valence electrons. The van der Waals surface area contributed by atoms with Crippen molar-refractivity contribution < 1.29 is 19.8 Å². The molecule has 2 aromatic rings. The fraction of sp³-hybridized carbons (Fsp3) is 0.364. The number of halogens is 1. The first-order valence-electron chi connectivity index (χ1n) is 9.89. The number of anilines is 1. The van der Waals surface area contributed by atoms with E-state index in [4.69, 9.17) is 0 Å². The van der Waals surface area contributed by atoms with Crippen molar-refractivity contribution in [3.05, 3.63) is 63.6 Å². The summed E-state index contributed by atoms with van der Waals surface area (Å²) >= 11 is 3.45. The molecule has 0 saturated carbocycles. The van der Waals surface area contributed by atoms with Crippen molar-refractivity contribution in [2.45, 2.75) is 25.1 Å². The Hall–Kier alpha value is -2.58. The summed E-state index contributed by atoms with van der Waals surface area (Å²) < 4.78 is 0.896. The summed E-state index contributed by atoms with van der Waals surface area (Å²) in [5.41, 5.74) is 3.41. The molecule has 30 heavy (non-hydrogen) atoms. The van der Waals surface area contributed by atoms with E-state index in [1.807, 2.05) is 48.3 Å². The number of benzene rings is 2. The average molecular weight is 474 g/mol. The number of likely N-dealkylation sites (N-methyl/N-ethyl adjacent to an activating group) is 1. The molecule has 4 rings (SSSR count). The van der Waals surface area contributed by atoms with E-state index in [0.29, 0.717) is 25.1 Å². The van der Waals surface area contributed by atoms with Gasteiger partial charge in [-0.1, -0.05) is 40.2 Å². The molecule has 2 atom stereocenters. The van der Waals surface area contributed by atoms with Gasteiger partial charge in [-0.2, -0.15) is 0 Å². The number of rotatable bonds is 3. The van der Waals surface area contributed by atoms with Crippen LogP contribution in [0.3, 0.4) is 0 Å². The van der Waals surface area contributed by atoms with E-state index in [-0.39, 0.29) is 19.0 Å². The fourth-order valence-corrected chi connectivity index (χ4v) is 4.64. The minimum absolute atomic E-state index is 0.0821. The number of amides is 2. The molecule has 0 fully saturated rings. The Kier molecular flexibility index (Phi) is 5.71. The summed E-state index contributed by atoms with van der Waals surface area (Å²) in [4.78, 5) is 30.0. The Morgan fingerprint density at radius 1 is 1.20 bits per heavy atom. The van der Waals surface area contributed by atoms with Crippen molar-refractivity contribution in [2.75, 3.05) is 31.6 Å². The Morgan fingerprint density at radius 2 is 1.93 bits per heavy atom. The van der Waals surface area contributed by atoms with Crippen LogP contribution in [0.1, 0.15) is 21.5 Å². The van der Waals surface area contributed by atoms with Gasteiger partial charge in [0.15, 0.2) is 0 Å². The fourth-order valence-electron chi connectivity index (χ4n) is 4.29. The smallest absolute Gasteiger partial charge is 0.407 e. The molecule has 1 unspecified atom stereocenters. The first-order valence-corrected chi connectivity index (χ1v) is 10.7. The highest BCUT2D eigenvalue weighted by Crippen LogP contribution is 2.29.